The molecular formula is C11H18O2. The number of unbranched alkanes of at least 4 members (excludes halogenated alkanes) is 2. The smallest absolute Gasteiger partial charge is 0.328 e. The van der Waals surface area contributed by atoms with Gasteiger partial charge in [0.2, 0.25) is 0 Å². The molecule has 0 amide bonds. The van der Waals surface area contributed by atoms with Crippen molar-refractivity contribution < 1.29 is 9.90 Å². The van der Waals surface area contributed by atoms with Gasteiger partial charge in [0.15, 0.2) is 0 Å². The molecule has 0 atom stereocenters. The van der Waals surface area contributed by atoms with Crippen molar-refractivity contribution in [3.63, 3.8) is 0 Å². The summed E-state index contributed by atoms with van der Waals surface area (Å²) < 4.78 is 0. The summed E-state index contributed by atoms with van der Waals surface area (Å²) in [5.41, 5.74) is 1.24. The maximum Gasteiger partial charge on any atom is 0.328 e. The predicted octanol–water partition coefficient (Wildman–Crippen LogP) is 3.15. The molecule has 0 aromatic rings. The lowest BCUT2D eigenvalue weighted by Crippen LogP contribution is -1.85. The number of hydrogen-bond acceptors (Lipinski definition) is 1. The van der Waals surface area contributed by atoms with Gasteiger partial charge in [-0.05, 0) is 19.8 Å². The number of rotatable bonds is 6. The first-order valence-corrected chi connectivity index (χ1v) is 4.73. The van der Waals surface area contributed by atoms with Crippen LogP contribution in [-0.4, -0.2) is 11.1 Å². The Labute approximate surface area is 80.0 Å². The van der Waals surface area contributed by atoms with E-state index in [4.69, 9.17) is 5.11 Å². The number of aliphatic carboxylic acids is 1. The van der Waals surface area contributed by atoms with Crippen molar-refractivity contribution in [3.05, 3.63) is 23.8 Å². The molecule has 0 spiro atoms. The third kappa shape index (κ3) is 8.86. The van der Waals surface area contributed by atoms with Crippen molar-refractivity contribution in [3.8, 4) is 0 Å². The molecule has 0 radical (unpaired) electrons. The standard InChI is InChI=1S/C11H18O2/c1-3-4-5-7-10(2)8-6-9-11(12)13/h6,8-9H,3-5,7H2,1-2H3,(H,12,13)/b9-6-,10-8+. The highest BCUT2D eigenvalue weighted by Crippen LogP contribution is 2.07. The summed E-state index contributed by atoms with van der Waals surface area (Å²) in [5.74, 6) is -0.891. The third-order valence-corrected chi connectivity index (χ3v) is 1.79. The normalized spacial score (nSPS) is 12.3. The maximum atomic E-state index is 10.1. The Morgan fingerprint density at radius 1 is 1.38 bits per heavy atom. The van der Waals surface area contributed by atoms with Crippen molar-refractivity contribution in [1.82, 2.24) is 0 Å². The molecular weight excluding hydrogens is 164 g/mol. The van der Waals surface area contributed by atoms with Crippen LogP contribution in [0.2, 0.25) is 0 Å². The second kappa shape index (κ2) is 7.59. The van der Waals surface area contributed by atoms with Gasteiger partial charge in [-0.3, -0.25) is 0 Å². The monoisotopic (exact) mass is 182 g/mol. The molecule has 13 heavy (non-hydrogen) atoms. The zero-order chi connectivity index (χ0) is 10.1. The first kappa shape index (κ1) is 11.9. The molecule has 1 N–H and O–H groups in total. The van der Waals surface area contributed by atoms with Crippen LogP contribution in [0.25, 0.3) is 0 Å². The van der Waals surface area contributed by atoms with Gasteiger partial charge >= 0.3 is 5.97 Å². The quantitative estimate of drug-likeness (QED) is 0.389. The van der Waals surface area contributed by atoms with E-state index in [0.29, 0.717) is 0 Å². The molecule has 0 bridgehead atoms. The zero-order valence-electron chi connectivity index (χ0n) is 8.42. The van der Waals surface area contributed by atoms with Crippen LogP contribution < -0.4 is 0 Å². The Bertz CT molecular complexity index is 202. The lowest BCUT2D eigenvalue weighted by molar-refractivity contribution is -0.131. The fourth-order valence-electron chi connectivity index (χ4n) is 1.03. The minimum Gasteiger partial charge on any atom is -0.478 e. The van der Waals surface area contributed by atoms with E-state index < -0.39 is 5.97 Å². The summed E-state index contributed by atoms with van der Waals surface area (Å²) in [6.07, 6.45) is 9.33. The summed E-state index contributed by atoms with van der Waals surface area (Å²) in [5, 5.41) is 8.32. The van der Waals surface area contributed by atoms with E-state index in [1.165, 1.54) is 24.8 Å². The molecule has 0 fully saturated rings. The fraction of sp³-hybridized carbons (Fsp3) is 0.545. The molecule has 0 aliphatic heterocycles. The van der Waals surface area contributed by atoms with E-state index in [1.54, 1.807) is 6.08 Å². The Balaban J connectivity index is 3.68. The number of carboxylic acids is 1. The molecule has 2 heteroatoms. The van der Waals surface area contributed by atoms with Gasteiger partial charge < -0.3 is 5.11 Å². The van der Waals surface area contributed by atoms with Crippen LogP contribution in [0.5, 0.6) is 0 Å². The van der Waals surface area contributed by atoms with Gasteiger partial charge in [0.25, 0.3) is 0 Å². The van der Waals surface area contributed by atoms with Crippen molar-refractivity contribution in [1.29, 1.82) is 0 Å². The molecule has 0 aromatic heterocycles. The highest BCUT2D eigenvalue weighted by Gasteiger charge is 1.89. The summed E-state index contributed by atoms with van der Waals surface area (Å²) in [4.78, 5) is 10.1. The molecule has 0 saturated carbocycles. The average molecular weight is 182 g/mol. The number of allylic oxidation sites excluding steroid dienone is 3. The fourth-order valence-corrected chi connectivity index (χ4v) is 1.03. The molecule has 0 saturated heterocycles. The maximum absolute atomic E-state index is 10.1. The van der Waals surface area contributed by atoms with Crippen molar-refractivity contribution in [2.45, 2.75) is 39.5 Å². The van der Waals surface area contributed by atoms with Gasteiger partial charge in [0.1, 0.15) is 0 Å². The lowest BCUT2D eigenvalue weighted by atomic mass is 10.1. The molecule has 74 valence electrons. The number of carbonyl (C=O) groups is 1. The number of hydrogen-bond donors (Lipinski definition) is 1. The number of carboxylic acid groups (broad SMARTS) is 1. The lowest BCUT2D eigenvalue weighted by Gasteiger charge is -1.97. The Hall–Kier alpha value is -1.05. The van der Waals surface area contributed by atoms with Crippen LogP contribution in [0, 0.1) is 0 Å². The first-order valence-electron chi connectivity index (χ1n) is 4.73. The van der Waals surface area contributed by atoms with Crippen LogP contribution >= 0.6 is 0 Å². The van der Waals surface area contributed by atoms with E-state index in [0.717, 1.165) is 12.5 Å². The van der Waals surface area contributed by atoms with E-state index in [-0.39, 0.29) is 0 Å². The molecule has 0 aromatic carbocycles. The van der Waals surface area contributed by atoms with Gasteiger partial charge in [-0.2, -0.15) is 0 Å². The van der Waals surface area contributed by atoms with Gasteiger partial charge in [-0.1, -0.05) is 37.5 Å². The van der Waals surface area contributed by atoms with Crippen LogP contribution in [0.1, 0.15) is 39.5 Å². The highest BCUT2D eigenvalue weighted by molar-refractivity contribution is 5.80. The zero-order valence-corrected chi connectivity index (χ0v) is 8.42. The second-order valence-electron chi connectivity index (χ2n) is 3.17. The van der Waals surface area contributed by atoms with E-state index >= 15 is 0 Å². The first-order chi connectivity index (χ1) is 6.16. The van der Waals surface area contributed by atoms with Gasteiger partial charge in [-0.15, -0.1) is 0 Å². The minimum absolute atomic E-state index is 0.891. The minimum atomic E-state index is -0.891. The Morgan fingerprint density at radius 2 is 2.08 bits per heavy atom. The summed E-state index contributed by atoms with van der Waals surface area (Å²) >= 11 is 0. The Morgan fingerprint density at radius 3 is 2.62 bits per heavy atom. The van der Waals surface area contributed by atoms with Gasteiger partial charge in [0, 0.05) is 6.08 Å². The molecule has 0 aliphatic carbocycles. The highest BCUT2D eigenvalue weighted by atomic mass is 16.4. The predicted molar refractivity (Wildman–Crippen MR) is 54.7 cm³/mol. The van der Waals surface area contributed by atoms with E-state index in [1.807, 2.05) is 13.0 Å². The van der Waals surface area contributed by atoms with Crippen LogP contribution in [-0.2, 0) is 4.79 Å². The van der Waals surface area contributed by atoms with E-state index in [9.17, 15) is 4.79 Å². The average Bonchev–Trinajstić information content (AvgIpc) is 2.04. The summed E-state index contributed by atoms with van der Waals surface area (Å²) in [6.45, 7) is 4.20. The van der Waals surface area contributed by atoms with Crippen molar-refractivity contribution in [2.24, 2.45) is 0 Å². The molecule has 0 aliphatic rings. The molecule has 0 heterocycles. The van der Waals surface area contributed by atoms with E-state index in [2.05, 4.69) is 6.92 Å². The molecule has 0 unspecified atom stereocenters. The molecule has 0 rings (SSSR count). The SMILES string of the molecule is CCCCC/C(C)=C/C=C\C(=O)O. The third-order valence-electron chi connectivity index (χ3n) is 1.79. The molecule has 2 nitrogen and oxygen atoms in total. The van der Waals surface area contributed by atoms with Crippen LogP contribution in [0.4, 0.5) is 0 Å². The second-order valence-corrected chi connectivity index (χ2v) is 3.17. The summed E-state index contributed by atoms with van der Waals surface area (Å²) in [6, 6.07) is 0. The topological polar surface area (TPSA) is 37.3 Å². The van der Waals surface area contributed by atoms with Crippen molar-refractivity contribution in [2.75, 3.05) is 0 Å². The van der Waals surface area contributed by atoms with Gasteiger partial charge in [-0.25, -0.2) is 4.79 Å². The Kier molecular flexibility index (Phi) is 6.98. The largest absolute Gasteiger partial charge is 0.478 e. The van der Waals surface area contributed by atoms with Crippen molar-refractivity contribution >= 4 is 5.97 Å². The summed E-state index contributed by atoms with van der Waals surface area (Å²) in [7, 11) is 0. The van der Waals surface area contributed by atoms with Crippen LogP contribution in [0.3, 0.4) is 0 Å². The van der Waals surface area contributed by atoms with Gasteiger partial charge in [0.05, 0.1) is 0 Å². The van der Waals surface area contributed by atoms with Crippen LogP contribution in [0.15, 0.2) is 23.8 Å².